The van der Waals surface area contributed by atoms with Crippen LogP contribution in [0.1, 0.15) is 43.9 Å². The molecule has 1 fully saturated rings. The van der Waals surface area contributed by atoms with Gasteiger partial charge in [-0.05, 0) is 24.3 Å². The Morgan fingerprint density at radius 1 is 0.968 bits per heavy atom. The Balaban J connectivity index is 1.66. The highest BCUT2D eigenvalue weighted by Crippen LogP contribution is 2.20. The maximum atomic E-state index is 12.9. The molecule has 9 nitrogen and oxygen atoms in total. The standard InChI is InChI=1S/C21H27N5O4S/c1-15(27)25-9-11-26(12-10-25)31(29,30)18-7-5-16(6-8-18)19(28)24-17-13-22-20(23-14-17)21(2,3)4/h5-8,13-14H,9-12H2,1-4H3,(H,24,28). The van der Waals surface area contributed by atoms with Gasteiger partial charge in [0.25, 0.3) is 5.91 Å². The number of benzene rings is 1. The number of anilines is 1. The van der Waals surface area contributed by atoms with Gasteiger partial charge >= 0.3 is 0 Å². The number of amides is 2. The molecule has 0 spiro atoms. The molecular formula is C21H27N5O4S. The van der Waals surface area contributed by atoms with E-state index in [1.54, 1.807) is 17.3 Å². The van der Waals surface area contributed by atoms with E-state index in [4.69, 9.17) is 0 Å². The Hall–Kier alpha value is -2.85. The summed E-state index contributed by atoms with van der Waals surface area (Å²) in [5.74, 6) is 0.223. The van der Waals surface area contributed by atoms with Crippen molar-refractivity contribution in [3.8, 4) is 0 Å². The maximum absolute atomic E-state index is 12.9. The van der Waals surface area contributed by atoms with Crippen molar-refractivity contribution in [2.45, 2.75) is 38.0 Å². The molecule has 2 aromatic rings. The van der Waals surface area contributed by atoms with Gasteiger partial charge in [-0.25, -0.2) is 18.4 Å². The number of aromatic nitrogens is 2. The molecule has 0 bridgehead atoms. The summed E-state index contributed by atoms with van der Waals surface area (Å²) in [7, 11) is -3.69. The predicted molar refractivity (Wildman–Crippen MR) is 116 cm³/mol. The first kappa shape index (κ1) is 22.8. The van der Waals surface area contributed by atoms with E-state index in [-0.39, 0.29) is 35.2 Å². The fourth-order valence-corrected chi connectivity index (χ4v) is 4.58. The third-order valence-corrected chi connectivity index (χ3v) is 6.93. The second-order valence-electron chi connectivity index (χ2n) is 8.43. The van der Waals surface area contributed by atoms with Crippen LogP contribution in [0.25, 0.3) is 0 Å². The van der Waals surface area contributed by atoms with Crippen LogP contribution in [0.4, 0.5) is 5.69 Å². The van der Waals surface area contributed by atoms with E-state index in [1.165, 1.54) is 35.5 Å². The minimum atomic E-state index is -3.69. The number of sulfonamides is 1. The van der Waals surface area contributed by atoms with E-state index in [0.717, 1.165) is 0 Å². The molecule has 1 N–H and O–H groups in total. The molecule has 31 heavy (non-hydrogen) atoms. The highest BCUT2D eigenvalue weighted by molar-refractivity contribution is 7.89. The van der Waals surface area contributed by atoms with E-state index in [0.29, 0.717) is 30.2 Å². The second-order valence-corrected chi connectivity index (χ2v) is 10.4. The van der Waals surface area contributed by atoms with E-state index >= 15 is 0 Å². The summed E-state index contributed by atoms with van der Waals surface area (Å²) in [6.07, 6.45) is 3.09. The molecule has 2 amide bonds. The van der Waals surface area contributed by atoms with Crippen molar-refractivity contribution >= 4 is 27.5 Å². The summed E-state index contributed by atoms with van der Waals surface area (Å²) in [6.45, 7) is 8.69. The summed E-state index contributed by atoms with van der Waals surface area (Å²) >= 11 is 0. The fourth-order valence-electron chi connectivity index (χ4n) is 3.15. The normalized spacial score (nSPS) is 15.5. The molecule has 1 aromatic heterocycles. The number of nitrogens with one attached hydrogen (secondary N) is 1. The summed E-state index contributed by atoms with van der Waals surface area (Å²) in [4.78, 5) is 34.2. The van der Waals surface area contributed by atoms with Crippen molar-refractivity contribution < 1.29 is 18.0 Å². The van der Waals surface area contributed by atoms with Gasteiger partial charge in [0.05, 0.1) is 23.0 Å². The summed E-state index contributed by atoms with van der Waals surface area (Å²) in [5, 5.41) is 2.71. The van der Waals surface area contributed by atoms with E-state index < -0.39 is 10.0 Å². The number of hydrogen-bond donors (Lipinski definition) is 1. The van der Waals surface area contributed by atoms with Gasteiger partial charge in [-0.2, -0.15) is 4.31 Å². The Morgan fingerprint density at radius 2 is 1.52 bits per heavy atom. The largest absolute Gasteiger partial charge is 0.340 e. The summed E-state index contributed by atoms with van der Waals surface area (Å²) < 4.78 is 27.1. The lowest BCUT2D eigenvalue weighted by atomic mass is 9.96. The maximum Gasteiger partial charge on any atom is 0.255 e. The second kappa shape index (κ2) is 8.72. The molecule has 0 atom stereocenters. The van der Waals surface area contributed by atoms with Crippen LogP contribution in [0.15, 0.2) is 41.6 Å². The van der Waals surface area contributed by atoms with Crippen LogP contribution >= 0.6 is 0 Å². The molecule has 2 heterocycles. The van der Waals surface area contributed by atoms with Gasteiger partial charge in [0, 0.05) is 44.1 Å². The molecule has 1 saturated heterocycles. The first-order chi connectivity index (χ1) is 14.5. The molecule has 1 aliphatic heterocycles. The number of carbonyl (C=O) groups is 2. The van der Waals surface area contributed by atoms with Crippen LogP contribution in [0.2, 0.25) is 0 Å². The van der Waals surface area contributed by atoms with Gasteiger partial charge in [-0.15, -0.1) is 0 Å². The molecule has 1 aromatic carbocycles. The predicted octanol–water partition coefficient (Wildman–Crippen LogP) is 1.88. The Bertz CT molecular complexity index is 1050. The number of hydrogen-bond acceptors (Lipinski definition) is 6. The lowest BCUT2D eigenvalue weighted by molar-refractivity contribution is -0.129. The number of carbonyl (C=O) groups excluding carboxylic acids is 2. The van der Waals surface area contributed by atoms with Gasteiger partial charge in [-0.3, -0.25) is 9.59 Å². The van der Waals surface area contributed by atoms with E-state index in [9.17, 15) is 18.0 Å². The van der Waals surface area contributed by atoms with Crippen LogP contribution in [0.3, 0.4) is 0 Å². The molecule has 0 aliphatic carbocycles. The number of nitrogens with zero attached hydrogens (tertiary/aromatic N) is 4. The zero-order valence-electron chi connectivity index (χ0n) is 18.1. The zero-order chi connectivity index (χ0) is 22.8. The van der Waals surface area contributed by atoms with Crippen LogP contribution < -0.4 is 5.32 Å². The van der Waals surface area contributed by atoms with Gasteiger partial charge in [0.1, 0.15) is 5.82 Å². The Kier molecular flexibility index (Phi) is 6.42. The highest BCUT2D eigenvalue weighted by Gasteiger charge is 2.29. The molecule has 166 valence electrons. The average Bonchev–Trinajstić information content (AvgIpc) is 2.73. The SMILES string of the molecule is CC(=O)N1CCN(S(=O)(=O)c2ccc(C(=O)Nc3cnc(C(C)(C)C)nc3)cc2)CC1. The first-order valence-electron chi connectivity index (χ1n) is 9.98. The lowest BCUT2D eigenvalue weighted by Crippen LogP contribution is -2.49. The topological polar surface area (TPSA) is 113 Å². The monoisotopic (exact) mass is 445 g/mol. The zero-order valence-corrected chi connectivity index (χ0v) is 18.9. The molecule has 0 radical (unpaired) electrons. The lowest BCUT2D eigenvalue weighted by Gasteiger charge is -2.33. The Labute approximate surface area is 182 Å². The number of rotatable bonds is 4. The van der Waals surface area contributed by atoms with Crippen molar-refractivity contribution in [2.75, 3.05) is 31.5 Å². The van der Waals surface area contributed by atoms with Crippen molar-refractivity contribution in [1.82, 2.24) is 19.2 Å². The van der Waals surface area contributed by atoms with Gasteiger partial charge < -0.3 is 10.2 Å². The smallest absolute Gasteiger partial charge is 0.255 e. The molecule has 1 aliphatic rings. The van der Waals surface area contributed by atoms with Crippen molar-refractivity contribution in [3.05, 3.63) is 48.0 Å². The molecule has 3 rings (SSSR count). The minimum absolute atomic E-state index is 0.0640. The Morgan fingerprint density at radius 3 is 2.00 bits per heavy atom. The summed E-state index contributed by atoms with van der Waals surface area (Å²) in [5.41, 5.74) is 0.584. The molecule has 10 heteroatoms. The van der Waals surface area contributed by atoms with E-state index in [2.05, 4.69) is 15.3 Å². The van der Waals surface area contributed by atoms with Crippen molar-refractivity contribution in [2.24, 2.45) is 0 Å². The third kappa shape index (κ3) is 5.26. The van der Waals surface area contributed by atoms with Crippen LogP contribution in [0, 0.1) is 0 Å². The molecular weight excluding hydrogens is 418 g/mol. The fraction of sp³-hybridized carbons (Fsp3) is 0.429. The number of piperazine rings is 1. The highest BCUT2D eigenvalue weighted by atomic mass is 32.2. The average molecular weight is 446 g/mol. The van der Waals surface area contributed by atoms with Crippen molar-refractivity contribution in [1.29, 1.82) is 0 Å². The quantitative estimate of drug-likeness (QED) is 0.769. The van der Waals surface area contributed by atoms with Gasteiger partial charge in [0.15, 0.2) is 0 Å². The van der Waals surface area contributed by atoms with Gasteiger partial charge in [0.2, 0.25) is 15.9 Å². The van der Waals surface area contributed by atoms with Crippen molar-refractivity contribution in [3.63, 3.8) is 0 Å². The summed E-state index contributed by atoms with van der Waals surface area (Å²) in [6, 6.07) is 5.78. The van der Waals surface area contributed by atoms with Crippen LogP contribution in [-0.2, 0) is 20.2 Å². The van der Waals surface area contributed by atoms with Crippen LogP contribution in [0.5, 0.6) is 0 Å². The molecule has 0 unspecified atom stereocenters. The third-order valence-electron chi connectivity index (χ3n) is 5.02. The van der Waals surface area contributed by atoms with E-state index in [1.807, 2.05) is 20.8 Å². The first-order valence-corrected chi connectivity index (χ1v) is 11.4. The molecule has 0 saturated carbocycles. The van der Waals surface area contributed by atoms with Gasteiger partial charge in [-0.1, -0.05) is 20.8 Å². The minimum Gasteiger partial charge on any atom is -0.340 e. The van der Waals surface area contributed by atoms with Crippen LogP contribution in [-0.4, -0.2) is 65.6 Å².